The van der Waals surface area contributed by atoms with E-state index in [1.54, 1.807) is 6.07 Å². The summed E-state index contributed by atoms with van der Waals surface area (Å²) in [4.78, 5) is 0. The first-order chi connectivity index (χ1) is 6.63. The summed E-state index contributed by atoms with van der Waals surface area (Å²) in [5.74, 6) is 0.720. The van der Waals surface area contributed by atoms with Crippen LogP contribution in [0.15, 0.2) is 33.7 Å². The fourth-order valence-electron chi connectivity index (χ4n) is 0.924. The predicted octanol–water partition coefficient (Wildman–Crippen LogP) is 3.23. The first-order valence-electron chi connectivity index (χ1n) is 3.99. The van der Waals surface area contributed by atoms with Gasteiger partial charge in [0, 0.05) is 8.96 Å². The average Bonchev–Trinajstić information content (AvgIpc) is 2.16. The zero-order chi connectivity index (χ0) is 10.6. The number of halogens is 2. The molecule has 76 valence electrons. The summed E-state index contributed by atoms with van der Waals surface area (Å²) < 4.78 is 7.05. The lowest BCUT2D eigenvalue weighted by Crippen LogP contribution is -1.97. The Hall–Kier alpha value is -0.320. The van der Waals surface area contributed by atoms with E-state index in [-0.39, 0.29) is 6.61 Å². The molecule has 1 aromatic carbocycles. The molecule has 0 fully saturated rings. The molecule has 0 spiro atoms. The molecule has 4 heteroatoms. The van der Waals surface area contributed by atoms with E-state index in [9.17, 15) is 0 Å². The van der Waals surface area contributed by atoms with Gasteiger partial charge in [-0.05, 0) is 23.8 Å². The van der Waals surface area contributed by atoms with Crippen LogP contribution < -0.4 is 4.74 Å². The van der Waals surface area contributed by atoms with Gasteiger partial charge in [-0.15, -0.1) is 0 Å². The molecule has 0 aliphatic carbocycles. The van der Waals surface area contributed by atoms with Crippen LogP contribution >= 0.6 is 31.9 Å². The third kappa shape index (κ3) is 3.44. The number of aliphatic hydroxyl groups excluding tert-OH is 1. The number of ether oxygens (including phenoxy) is 1. The van der Waals surface area contributed by atoms with E-state index in [0.29, 0.717) is 6.61 Å². The van der Waals surface area contributed by atoms with Crippen molar-refractivity contribution in [1.82, 2.24) is 0 Å². The fraction of sp³-hybridized carbons (Fsp3) is 0.200. The largest absolute Gasteiger partial charge is 0.488 e. The molecule has 0 radical (unpaired) electrons. The van der Waals surface area contributed by atoms with E-state index < -0.39 is 0 Å². The molecule has 1 rings (SSSR count). The highest BCUT2D eigenvalue weighted by atomic mass is 79.9. The lowest BCUT2D eigenvalue weighted by Gasteiger charge is -2.07. The molecule has 0 unspecified atom stereocenters. The maximum absolute atomic E-state index is 9.01. The molecule has 1 N–H and O–H groups in total. The molecule has 1 aromatic rings. The quantitative estimate of drug-likeness (QED) is 0.922. The van der Waals surface area contributed by atoms with Crippen molar-refractivity contribution in [2.75, 3.05) is 6.61 Å². The minimum atomic E-state index is -0.00690. The Bertz CT molecular complexity index is 337. The third-order valence-corrected chi connectivity index (χ3v) is 2.59. The Balaban J connectivity index is 2.74. The monoisotopic (exact) mass is 320 g/mol. The van der Waals surface area contributed by atoms with Crippen LogP contribution in [0.3, 0.4) is 0 Å². The molecule has 0 aliphatic heterocycles. The Morgan fingerprint density at radius 1 is 1.50 bits per heavy atom. The van der Waals surface area contributed by atoms with Gasteiger partial charge >= 0.3 is 0 Å². The van der Waals surface area contributed by atoms with Gasteiger partial charge in [-0.1, -0.05) is 38.4 Å². The second kappa shape index (κ2) is 5.53. The molecule has 0 saturated carbocycles. The first-order valence-corrected chi connectivity index (χ1v) is 5.57. The van der Waals surface area contributed by atoms with Crippen LogP contribution in [0.2, 0.25) is 0 Å². The van der Waals surface area contributed by atoms with E-state index in [1.165, 1.54) is 0 Å². The van der Waals surface area contributed by atoms with Crippen LogP contribution in [0.5, 0.6) is 5.75 Å². The third-order valence-electron chi connectivity index (χ3n) is 1.58. The van der Waals surface area contributed by atoms with Crippen LogP contribution in [0.1, 0.15) is 5.56 Å². The molecular weight excluding hydrogens is 312 g/mol. The molecule has 0 aliphatic rings. The summed E-state index contributed by atoms with van der Waals surface area (Å²) >= 11 is 6.53. The molecule has 0 bridgehead atoms. The number of aliphatic hydroxyl groups is 1. The number of rotatable bonds is 4. The second-order valence-electron chi connectivity index (χ2n) is 2.72. The molecule has 0 aromatic heterocycles. The van der Waals surface area contributed by atoms with Gasteiger partial charge in [-0.2, -0.15) is 0 Å². The van der Waals surface area contributed by atoms with Crippen LogP contribution in [-0.4, -0.2) is 11.7 Å². The van der Waals surface area contributed by atoms with E-state index in [0.717, 1.165) is 20.3 Å². The molecule has 14 heavy (non-hydrogen) atoms. The lowest BCUT2D eigenvalue weighted by atomic mass is 10.2. The lowest BCUT2D eigenvalue weighted by molar-refractivity contribution is 0.279. The van der Waals surface area contributed by atoms with Crippen molar-refractivity contribution in [2.45, 2.75) is 6.61 Å². The van der Waals surface area contributed by atoms with E-state index in [2.05, 4.69) is 38.4 Å². The van der Waals surface area contributed by atoms with Gasteiger partial charge < -0.3 is 9.84 Å². The summed E-state index contributed by atoms with van der Waals surface area (Å²) in [6, 6.07) is 5.47. The normalized spacial score (nSPS) is 9.93. The molecule has 0 heterocycles. The highest BCUT2D eigenvalue weighted by Gasteiger charge is 2.01. The van der Waals surface area contributed by atoms with Crippen LogP contribution in [0.25, 0.3) is 0 Å². The predicted molar refractivity (Wildman–Crippen MR) is 63.6 cm³/mol. The van der Waals surface area contributed by atoms with Crippen LogP contribution in [0, 0.1) is 0 Å². The fourth-order valence-corrected chi connectivity index (χ4v) is 1.41. The summed E-state index contributed by atoms with van der Waals surface area (Å²) in [6.45, 7) is 4.08. The van der Waals surface area contributed by atoms with Gasteiger partial charge in [0.05, 0.1) is 6.61 Å². The number of hydrogen-bond acceptors (Lipinski definition) is 2. The van der Waals surface area contributed by atoms with Gasteiger partial charge in [0.2, 0.25) is 0 Å². The number of hydrogen-bond donors (Lipinski definition) is 1. The van der Waals surface area contributed by atoms with Gasteiger partial charge in [-0.3, -0.25) is 0 Å². The molecule has 2 nitrogen and oxygen atoms in total. The van der Waals surface area contributed by atoms with E-state index in [1.807, 2.05) is 12.1 Å². The highest BCUT2D eigenvalue weighted by Crippen LogP contribution is 2.23. The molecule has 0 atom stereocenters. The maximum Gasteiger partial charge on any atom is 0.120 e. The summed E-state index contributed by atoms with van der Waals surface area (Å²) in [5, 5.41) is 9.01. The van der Waals surface area contributed by atoms with Gasteiger partial charge in [0.15, 0.2) is 0 Å². The van der Waals surface area contributed by atoms with Crippen molar-refractivity contribution in [3.05, 3.63) is 39.3 Å². The van der Waals surface area contributed by atoms with Crippen molar-refractivity contribution in [3.63, 3.8) is 0 Å². The Kier molecular flexibility index (Phi) is 4.65. The van der Waals surface area contributed by atoms with Crippen molar-refractivity contribution in [1.29, 1.82) is 0 Å². The second-order valence-corrected chi connectivity index (χ2v) is 4.69. The van der Waals surface area contributed by atoms with Crippen molar-refractivity contribution in [3.8, 4) is 5.75 Å². The molecular formula is C10H10Br2O2. The van der Waals surface area contributed by atoms with Crippen molar-refractivity contribution >= 4 is 31.9 Å². The standard InChI is InChI=1S/C10H10Br2O2/c1-7(11)6-14-9-2-3-10(12)8(4-9)5-13/h2-4,13H,1,5-6H2. The Labute approximate surface area is 99.8 Å². The highest BCUT2D eigenvalue weighted by molar-refractivity contribution is 9.11. The van der Waals surface area contributed by atoms with Gasteiger partial charge in [0.1, 0.15) is 12.4 Å². The van der Waals surface area contributed by atoms with Gasteiger partial charge in [-0.25, -0.2) is 0 Å². The number of benzene rings is 1. The van der Waals surface area contributed by atoms with Crippen LogP contribution in [-0.2, 0) is 6.61 Å². The van der Waals surface area contributed by atoms with Gasteiger partial charge in [0.25, 0.3) is 0 Å². The smallest absolute Gasteiger partial charge is 0.120 e. The zero-order valence-corrected chi connectivity index (χ0v) is 10.6. The first kappa shape index (κ1) is 11.8. The minimum Gasteiger partial charge on any atom is -0.488 e. The SMILES string of the molecule is C=C(Br)COc1ccc(Br)c(CO)c1. The van der Waals surface area contributed by atoms with Crippen molar-refractivity contribution in [2.24, 2.45) is 0 Å². The molecule has 0 amide bonds. The van der Waals surface area contributed by atoms with E-state index in [4.69, 9.17) is 9.84 Å². The summed E-state index contributed by atoms with van der Waals surface area (Å²) in [7, 11) is 0. The maximum atomic E-state index is 9.01. The average molecular weight is 322 g/mol. The Morgan fingerprint density at radius 2 is 2.21 bits per heavy atom. The topological polar surface area (TPSA) is 29.5 Å². The van der Waals surface area contributed by atoms with Crippen molar-refractivity contribution < 1.29 is 9.84 Å². The minimum absolute atomic E-state index is 0.00690. The van der Waals surface area contributed by atoms with Crippen LogP contribution in [0.4, 0.5) is 0 Å². The Morgan fingerprint density at radius 3 is 2.79 bits per heavy atom. The zero-order valence-electron chi connectivity index (χ0n) is 7.46. The molecule has 0 saturated heterocycles. The van der Waals surface area contributed by atoms with E-state index >= 15 is 0 Å². The summed E-state index contributed by atoms with van der Waals surface area (Å²) in [5.41, 5.74) is 0.808. The summed E-state index contributed by atoms with van der Waals surface area (Å²) in [6.07, 6.45) is 0.